The van der Waals surface area contributed by atoms with Crippen molar-refractivity contribution in [1.29, 1.82) is 0 Å². The maximum absolute atomic E-state index is 11.8. The minimum atomic E-state index is -0.938. The number of nitrogens with zero attached hydrogens (tertiary/aromatic N) is 2. The van der Waals surface area contributed by atoms with Crippen LogP contribution < -0.4 is 0 Å². The van der Waals surface area contributed by atoms with Crippen LogP contribution in [0.4, 0.5) is 0 Å². The molecule has 1 fully saturated rings. The molecule has 0 bridgehead atoms. The van der Waals surface area contributed by atoms with Crippen molar-refractivity contribution in [2.75, 3.05) is 0 Å². The van der Waals surface area contributed by atoms with Crippen molar-refractivity contribution < 1.29 is 19.7 Å². The van der Waals surface area contributed by atoms with Gasteiger partial charge in [-0.3, -0.25) is 9.69 Å². The van der Waals surface area contributed by atoms with Crippen molar-refractivity contribution in [2.45, 2.75) is 70.7 Å². The molecule has 0 aromatic rings. The molecular formula is C23H28N2O4. The standard InChI is InChI=1S/C23H28N2O4/c1-15(2)11-23(28)29-18-8-5-16(6-9-18)12-19(24-3)20(25-4)13-17-7-10-21(26)22(27)14-17/h11-14,16,18,21-22,26-27H,5-10H2,1-2H3/b19-12-,20-13-. The highest BCUT2D eigenvalue weighted by Gasteiger charge is 2.24. The molecule has 0 radical (unpaired) electrons. The van der Waals surface area contributed by atoms with Crippen molar-refractivity contribution in [1.82, 2.24) is 0 Å². The SMILES string of the molecule is [C-]#[N+]C(=C\C1=CC(O)C(O)CC1)/C(=C/C1CCC(OC(=O)C=C(C)C)CC1)[N+]#[C-]. The van der Waals surface area contributed by atoms with E-state index in [1.165, 1.54) is 6.08 Å². The van der Waals surface area contributed by atoms with Crippen molar-refractivity contribution in [2.24, 2.45) is 5.92 Å². The normalized spacial score (nSPS) is 27.9. The lowest BCUT2D eigenvalue weighted by Gasteiger charge is -2.26. The smallest absolute Gasteiger partial charge is 0.330 e. The first kappa shape index (κ1) is 22.6. The Labute approximate surface area is 172 Å². The zero-order valence-electron chi connectivity index (χ0n) is 17.0. The van der Waals surface area contributed by atoms with Gasteiger partial charge < -0.3 is 14.9 Å². The van der Waals surface area contributed by atoms with E-state index in [1.54, 1.807) is 12.2 Å². The van der Waals surface area contributed by atoms with Crippen LogP contribution >= 0.6 is 0 Å². The van der Waals surface area contributed by atoms with Gasteiger partial charge in [-0.2, -0.15) is 0 Å². The lowest BCUT2D eigenvalue weighted by Crippen LogP contribution is -2.27. The van der Waals surface area contributed by atoms with Gasteiger partial charge >= 0.3 is 5.97 Å². The Morgan fingerprint density at radius 1 is 1.10 bits per heavy atom. The third-order valence-electron chi connectivity index (χ3n) is 5.14. The van der Waals surface area contributed by atoms with Crippen LogP contribution in [-0.4, -0.2) is 34.5 Å². The van der Waals surface area contributed by atoms with Gasteiger partial charge in [0.25, 0.3) is 0 Å². The summed E-state index contributed by atoms with van der Waals surface area (Å²) in [6.45, 7) is 18.6. The van der Waals surface area contributed by atoms with Crippen molar-refractivity contribution in [3.8, 4) is 0 Å². The molecule has 0 saturated heterocycles. The van der Waals surface area contributed by atoms with E-state index >= 15 is 0 Å². The lowest BCUT2D eigenvalue weighted by atomic mass is 9.86. The molecule has 2 unspecified atom stereocenters. The molecule has 29 heavy (non-hydrogen) atoms. The maximum Gasteiger partial charge on any atom is 0.330 e. The molecule has 154 valence electrons. The van der Waals surface area contributed by atoms with Crippen molar-refractivity contribution in [3.63, 3.8) is 0 Å². The number of esters is 1. The maximum atomic E-state index is 11.8. The predicted octanol–water partition coefficient (Wildman–Crippen LogP) is 4.10. The number of carbonyl (C=O) groups excluding carboxylic acids is 1. The van der Waals surface area contributed by atoms with Gasteiger partial charge in [0.1, 0.15) is 6.10 Å². The molecule has 6 nitrogen and oxygen atoms in total. The zero-order chi connectivity index (χ0) is 21.4. The molecule has 2 aliphatic carbocycles. The fourth-order valence-corrected chi connectivity index (χ4v) is 3.57. The molecule has 2 N–H and O–H groups in total. The first-order valence-corrected chi connectivity index (χ1v) is 9.93. The predicted molar refractivity (Wildman–Crippen MR) is 110 cm³/mol. The highest BCUT2D eigenvalue weighted by Crippen LogP contribution is 2.31. The molecular weight excluding hydrogens is 368 g/mol. The second-order valence-corrected chi connectivity index (χ2v) is 7.84. The number of hydrogen-bond donors (Lipinski definition) is 2. The lowest BCUT2D eigenvalue weighted by molar-refractivity contribution is -0.144. The fraction of sp³-hybridized carbons (Fsp3) is 0.522. The van der Waals surface area contributed by atoms with E-state index < -0.39 is 12.2 Å². The molecule has 2 aliphatic rings. The van der Waals surface area contributed by atoms with E-state index in [0.717, 1.165) is 36.8 Å². The highest BCUT2D eigenvalue weighted by molar-refractivity contribution is 5.82. The quantitative estimate of drug-likeness (QED) is 0.317. The van der Waals surface area contributed by atoms with Gasteiger partial charge in [-0.15, -0.1) is 0 Å². The third kappa shape index (κ3) is 7.02. The van der Waals surface area contributed by atoms with E-state index in [2.05, 4.69) is 9.69 Å². The molecule has 1 saturated carbocycles. The van der Waals surface area contributed by atoms with Crippen molar-refractivity contribution >= 4 is 5.97 Å². The molecule has 0 aromatic heterocycles. The minimum Gasteiger partial charge on any atom is -0.459 e. The molecule has 0 amide bonds. The van der Waals surface area contributed by atoms with E-state index in [0.29, 0.717) is 18.5 Å². The van der Waals surface area contributed by atoms with Gasteiger partial charge in [-0.25, -0.2) is 4.79 Å². The van der Waals surface area contributed by atoms with Crippen LogP contribution in [-0.2, 0) is 9.53 Å². The van der Waals surface area contributed by atoms with E-state index in [9.17, 15) is 15.0 Å². The molecule has 0 heterocycles. The molecule has 0 aromatic carbocycles. The summed E-state index contributed by atoms with van der Waals surface area (Å²) in [5.41, 5.74) is 2.23. The zero-order valence-corrected chi connectivity index (χ0v) is 17.0. The number of carbonyl (C=O) groups is 1. The summed E-state index contributed by atoms with van der Waals surface area (Å²) in [5.74, 6) is -0.146. The first-order valence-electron chi connectivity index (χ1n) is 9.93. The van der Waals surface area contributed by atoms with Crippen molar-refractivity contribution in [3.05, 3.63) is 69.7 Å². The van der Waals surface area contributed by atoms with Crippen LogP contribution in [0.15, 0.2) is 46.8 Å². The van der Waals surface area contributed by atoms with Gasteiger partial charge in [0.2, 0.25) is 0 Å². The summed E-state index contributed by atoms with van der Waals surface area (Å²) in [6, 6.07) is 0. The Bertz CT molecular complexity index is 811. The van der Waals surface area contributed by atoms with E-state index in [-0.39, 0.29) is 23.7 Å². The average Bonchev–Trinajstić information content (AvgIpc) is 2.68. The number of ether oxygens (including phenoxy) is 1. The Morgan fingerprint density at radius 2 is 1.76 bits per heavy atom. The largest absolute Gasteiger partial charge is 0.459 e. The van der Waals surface area contributed by atoms with Gasteiger partial charge in [0.15, 0.2) is 11.4 Å². The third-order valence-corrected chi connectivity index (χ3v) is 5.14. The Balaban J connectivity index is 2.03. The number of aliphatic hydroxyl groups is 2. The molecule has 0 spiro atoms. The summed E-state index contributed by atoms with van der Waals surface area (Å²) in [6.07, 6.45) is 8.77. The molecule has 2 atom stereocenters. The Morgan fingerprint density at radius 3 is 2.31 bits per heavy atom. The Kier molecular flexibility index (Phi) is 8.39. The van der Waals surface area contributed by atoms with Gasteiger partial charge in [0, 0.05) is 6.08 Å². The van der Waals surface area contributed by atoms with Crippen LogP contribution in [0.2, 0.25) is 0 Å². The molecule has 2 rings (SSSR count). The van der Waals surface area contributed by atoms with Crippen LogP contribution in [0.25, 0.3) is 9.69 Å². The summed E-state index contributed by atoms with van der Waals surface area (Å²) in [5, 5.41) is 19.4. The summed E-state index contributed by atoms with van der Waals surface area (Å²) >= 11 is 0. The Hall–Kier alpha value is -2.67. The number of hydrogen-bond acceptors (Lipinski definition) is 4. The van der Waals surface area contributed by atoms with Crippen LogP contribution in [0.3, 0.4) is 0 Å². The van der Waals surface area contributed by atoms with Crippen LogP contribution in [0, 0.1) is 19.1 Å². The van der Waals surface area contributed by atoms with Crippen LogP contribution in [0.1, 0.15) is 52.4 Å². The van der Waals surface area contributed by atoms with E-state index in [1.807, 2.05) is 19.9 Å². The topological polar surface area (TPSA) is 75.5 Å². The number of aliphatic hydroxyl groups excluding tert-OH is 2. The second kappa shape index (κ2) is 10.8. The summed E-state index contributed by atoms with van der Waals surface area (Å²) in [7, 11) is 0. The van der Waals surface area contributed by atoms with E-state index in [4.69, 9.17) is 17.9 Å². The van der Waals surface area contributed by atoms with Gasteiger partial charge in [0.05, 0.1) is 25.4 Å². The average molecular weight is 396 g/mol. The molecule has 0 aliphatic heterocycles. The highest BCUT2D eigenvalue weighted by atomic mass is 16.5. The monoisotopic (exact) mass is 396 g/mol. The molecule has 6 heteroatoms. The fourth-order valence-electron chi connectivity index (χ4n) is 3.57. The number of rotatable bonds is 5. The number of allylic oxidation sites excluding steroid dienone is 4. The van der Waals surface area contributed by atoms with Gasteiger partial charge in [-0.1, -0.05) is 29.4 Å². The second-order valence-electron chi connectivity index (χ2n) is 7.84. The first-order chi connectivity index (χ1) is 13.8. The summed E-state index contributed by atoms with van der Waals surface area (Å²) in [4.78, 5) is 18.8. The van der Waals surface area contributed by atoms with Gasteiger partial charge in [-0.05, 0) is 58.3 Å². The van der Waals surface area contributed by atoms with Crippen LogP contribution in [0.5, 0.6) is 0 Å². The summed E-state index contributed by atoms with van der Waals surface area (Å²) < 4.78 is 5.46. The minimum absolute atomic E-state index is 0.102.